The van der Waals surface area contributed by atoms with Crippen LogP contribution in [-0.2, 0) is 11.3 Å². The maximum atomic E-state index is 12.5. The van der Waals surface area contributed by atoms with Crippen LogP contribution in [0.15, 0.2) is 42.5 Å². The minimum atomic E-state index is -0.669. The molecule has 1 amide bonds. The van der Waals surface area contributed by atoms with Gasteiger partial charge in [-0.25, -0.2) is 9.97 Å². The highest BCUT2D eigenvalue weighted by atomic mass is 16.3. The van der Waals surface area contributed by atoms with Gasteiger partial charge in [0.1, 0.15) is 24.3 Å². The van der Waals surface area contributed by atoms with Crippen molar-refractivity contribution in [3.05, 3.63) is 54.1 Å². The van der Waals surface area contributed by atoms with E-state index in [1.54, 1.807) is 13.0 Å². The number of aliphatic hydroxyl groups excluding tert-OH is 1. The highest BCUT2D eigenvalue weighted by Crippen LogP contribution is 2.20. The number of nitrogens with one attached hydrogen (secondary N) is 2. The van der Waals surface area contributed by atoms with Crippen LogP contribution in [0.1, 0.15) is 24.7 Å². The molecule has 0 fully saturated rings. The van der Waals surface area contributed by atoms with E-state index < -0.39 is 6.10 Å². The van der Waals surface area contributed by atoms with Crippen molar-refractivity contribution in [1.82, 2.24) is 19.5 Å². The minimum absolute atomic E-state index is 0.133. The molecule has 0 aliphatic heterocycles. The Bertz CT molecular complexity index is 1110. The maximum absolute atomic E-state index is 12.5. The summed E-state index contributed by atoms with van der Waals surface area (Å²) in [6, 6.07) is 13.2. The molecule has 1 atom stereocenters. The Morgan fingerprint density at radius 1 is 1.23 bits per heavy atom. The zero-order chi connectivity index (χ0) is 18.3. The number of carbonyl (C=O) groups excluding carboxylic acids is 1. The molecule has 4 rings (SSSR count). The smallest absolute Gasteiger partial charge is 0.244 e. The number of hydrogen-bond acceptors (Lipinski definition) is 4. The molecule has 0 saturated heterocycles. The Morgan fingerprint density at radius 3 is 2.85 bits per heavy atom. The van der Waals surface area contributed by atoms with Crippen LogP contribution in [0, 0.1) is 6.92 Å². The molecular weight excluding hydrogens is 330 g/mol. The summed E-state index contributed by atoms with van der Waals surface area (Å²) in [5, 5.41) is 12.5. The molecule has 1 unspecified atom stereocenters. The van der Waals surface area contributed by atoms with Gasteiger partial charge in [0, 0.05) is 5.69 Å². The molecule has 7 heteroatoms. The number of carbonyl (C=O) groups is 1. The van der Waals surface area contributed by atoms with E-state index in [0.717, 1.165) is 27.9 Å². The van der Waals surface area contributed by atoms with Gasteiger partial charge in [0.25, 0.3) is 0 Å². The zero-order valence-corrected chi connectivity index (χ0v) is 14.5. The molecule has 0 radical (unpaired) electrons. The van der Waals surface area contributed by atoms with Gasteiger partial charge in [-0.15, -0.1) is 0 Å². The lowest BCUT2D eigenvalue weighted by Gasteiger charge is -2.08. The summed E-state index contributed by atoms with van der Waals surface area (Å²) in [5.41, 5.74) is 4.00. The molecule has 26 heavy (non-hydrogen) atoms. The molecule has 0 aliphatic carbocycles. The minimum Gasteiger partial charge on any atom is -0.385 e. The van der Waals surface area contributed by atoms with E-state index in [-0.39, 0.29) is 12.5 Å². The lowest BCUT2D eigenvalue weighted by Crippen LogP contribution is -2.19. The van der Waals surface area contributed by atoms with Crippen LogP contribution in [0.3, 0.4) is 0 Å². The van der Waals surface area contributed by atoms with E-state index in [4.69, 9.17) is 0 Å². The number of aryl methyl sites for hydroxylation is 1. The van der Waals surface area contributed by atoms with Crippen LogP contribution in [0.2, 0.25) is 0 Å². The van der Waals surface area contributed by atoms with Gasteiger partial charge in [-0.3, -0.25) is 4.79 Å². The largest absolute Gasteiger partial charge is 0.385 e. The third-order valence-electron chi connectivity index (χ3n) is 4.33. The normalized spacial score (nSPS) is 12.6. The molecule has 4 aromatic rings. The Morgan fingerprint density at radius 2 is 2.04 bits per heavy atom. The van der Waals surface area contributed by atoms with Crippen molar-refractivity contribution in [2.45, 2.75) is 26.5 Å². The fourth-order valence-electron chi connectivity index (χ4n) is 3.04. The molecule has 3 N–H and O–H groups in total. The van der Waals surface area contributed by atoms with Gasteiger partial charge in [0.15, 0.2) is 0 Å². The van der Waals surface area contributed by atoms with Gasteiger partial charge in [-0.1, -0.05) is 12.1 Å². The van der Waals surface area contributed by atoms with Gasteiger partial charge >= 0.3 is 0 Å². The van der Waals surface area contributed by atoms with Crippen molar-refractivity contribution >= 4 is 33.7 Å². The molecule has 132 valence electrons. The third kappa shape index (κ3) is 2.93. The average molecular weight is 349 g/mol. The number of nitrogens with zero attached hydrogens (tertiary/aromatic N) is 3. The molecule has 2 heterocycles. The topological polar surface area (TPSA) is 95.8 Å². The number of para-hydroxylation sites is 2. The Balaban J connectivity index is 1.56. The van der Waals surface area contributed by atoms with Gasteiger partial charge in [0.2, 0.25) is 5.91 Å². The summed E-state index contributed by atoms with van der Waals surface area (Å²) < 4.78 is 1.89. The van der Waals surface area contributed by atoms with Crippen molar-refractivity contribution < 1.29 is 9.90 Å². The van der Waals surface area contributed by atoms with Crippen LogP contribution in [0.4, 0.5) is 5.69 Å². The molecule has 7 nitrogen and oxygen atoms in total. The molecular formula is C19H19N5O2. The number of H-pyrrole nitrogens is 1. The zero-order valence-electron chi connectivity index (χ0n) is 14.5. The van der Waals surface area contributed by atoms with E-state index in [0.29, 0.717) is 11.5 Å². The first-order valence-corrected chi connectivity index (χ1v) is 8.41. The summed E-state index contributed by atoms with van der Waals surface area (Å²) in [5.74, 6) is 1.17. The number of amides is 1. The summed E-state index contributed by atoms with van der Waals surface area (Å²) in [6.45, 7) is 3.73. The number of fused-ring (bicyclic) bond motifs is 2. The predicted molar refractivity (Wildman–Crippen MR) is 99.8 cm³/mol. The molecule has 0 aliphatic rings. The van der Waals surface area contributed by atoms with Crippen LogP contribution in [0.5, 0.6) is 0 Å². The number of benzene rings is 2. The van der Waals surface area contributed by atoms with Crippen LogP contribution in [-0.4, -0.2) is 30.5 Å². The molecule has 2 aromatic carbocycles. The number of anilines is 1. The van der Waals surface area contributed by atoms with E-state index in [2.05, 4.69) is 20.3 Å². The van der Waals surface area contributed by atoms with Crippen molar-refractivity contribution in [3.63, 3.8) is 0 Å². The van der Waals surface area contributed by atoms with Crippen LogP contribution >= 0.6 is 0 Å². The van der Waals surface area contributed by atoms with Crippen molar-refractivity contribution in [2.24, 2.45) is 0 Å². The Hall–Kier alpha value is -3.19. The maximum Gasteiger partial charge on any atom is 0.244 e. The van der Waals surface area contributed by atoms with Gasteiger partial charge in [-0.2, -0.15) is 0 Å². The second-order valence-electron chi connectivity index (χ2n) is 6.31. The van der Waals surface area contributed by atoms with E-state index in [9.17, 15) is 9.90 Å². The predicted octanol–water partition coefficient (Wildman–Crippen LogP) is 2.91. The highest BCUT2D eigenvalue weighted by molar-refractivity contribution is 5.93. The SMILES string of the molecule is Cc1nc2ccccc2n1CC(=O)Nc1ccc2nc(C(C)O)[nH]c2c1. The number of aromatic nitrogens is 4. The van der Waals surface area contributed by atoms with E-state index >= 15 is 0 Å². The fourth-order valence-corrected chi connectivity index (χ4v) is 3.04. The quantitative estimate of drug-likeness (QED) is 0.528. The number of hydrogen-bond donors (Lipinski definition) is 3. The van der Waals surface area contributed by atoms with E-state index in [1.807, 2.05) is 47.9 Å². The first-order valence-electron chi connectivity index (χ1n) is 8.41. The fraction of sp³-hybridized carbons (Fsp3) is 0.211. The second kappa shape index (κ2) is 6.27. The Labute approximate surface area is 149 Å². The lowest BCUT2D eigenvalue weighted by atomic mass is 10.2. The van der Waals surface area contributed by atoms with Gasteiger partial charge in [0.05, 0.1) is 22.1 Å². The first-order chi connectivity index (χ1) is 12.5. The molecule has 0 saturated carbocycles. The van der Waals surface area contributed by atoms with Gasteiger partial charge < -0.3 is 20.0 Å². The summed E-state index contributed by atoms with van der Waals surface area (Å²) in [7, 11) is 0. The standard InChI is InChI=1S/C19H19N5O2/c1-11(25)19-22-14-8-7-13(9-16(14)23-19)21-18(26)10-24-12(2)20-15-5-3-4-6-17(15)24/h3-9,11,25H,10H2,1-2H3,(H,21,26)(H,22,23). The average Bonchev–Trinajstić information content (AvgIpc) is 3.16. The summed E-state index contributed by atoms with van der Waals surface area (Å²) >= 11 is 0. The first kappa shape index (κ1) is 16.3. The number of rotatable bonds is 4. The number of aliphatic hydroxyl groups is 1. The molecule has 0 bridgehead atoms. The number of aromatic amines is 1. The van der Waals surface area contributed by atoms with E-state index in [1.165, 1.54) is 0 Å². The van der Waals surface area contributed by atoms with Crippen molar-refractivity contribution in [2.75, 3.05) is 5.32 Å². The van der Waals surface area contributed by atoms with Crippen molar-refractivity contribution in [1.29, 1.82) is 0 Å². The third-order valence-corrected chi connectivity index (χ3v) is 4.33. The molecule has 0 spiro atoms. The lowest BCUT2D eigenvalue weighted by molar-refractivity contribution is -0.116. The Kier molecular flexibility index (Phi) is 3.93. The second-order valence-corrected chi connectivity index (χ2v) is 6.31. The summed E-state index contributed by atoms with van der Waals surface area (Å²) in [6.07, 6.45) is -0.669. The summed E-state index contributed by atoms with van der Waals surface area (Å²) in [4.78, 5) is 24.3. The number of imidazole rings is 2. The van der Waals surface area contributed by atoms with Crippen molar-refractivity contribution in [3.8, 4) is 0 Å². The highest BCUT2D eigenvalue weighted by Gasteiger charge is 2.12. The van der Waals surface area contributed by atoms with Crippen LogP contribution < -0.4 is 5.32 Å². The van der Waals surface area contributed by atoms with Crippen LogP contribution in [0.25, 0.3) is 22.1 Å². The van der Waals surface area contributed by atoms with Gasteiger partial charge in [-0.05, 0) is 44.2 Å². The molecule has 2 aromatic heterocycles. The monoisotopic (exact) mass is 349 g/mol.